The van der Waals surface area contributed by atoms with Crippen LogP contribution in [-0.2, 0) is 14.3 Å². The van der Waals surface area contributed by atoms with E-state index in [9.17, 15) is 30.3 Å². The minimum atomic E-state index is -1.55. The maximum atomic E-state index is 12.9. The van der Waals surface area contributed by atoms with Gasteiger partial charge < -0.3 is 40.3 Å². The Labute approximate surface area is 343 Å². The van der Waals surface area contributed by atoms with Gasteiger partial charge in [0.2, 0.25) is 5.91 Å². The average Bonchev–Trinajstić information content (AvgIpc) is 3.20. The Hall–Kier alpha value is -1.33. The van der Waals surface area contributed by atoms with Crippen LogP contribution in [0.2, 0.25) is 0 Å². The van der Waals surface area contributed by atoms with Crippen LogP contribution < -0.4 is 5.32 Å². The smallest absolute Gasteiger partial charge is 0.220 e. The van der Waals surface area contributed by atoms with E-state index in [0.717, 1.165) is 70.6 Å². The first-order valence-corrected chi connectivity index (χ1v) is 23.5. The number of carbonyl (C=O) groups is 1. The van der Waals surface area contributed by atoms with E-state index in [-0.39, 0.29) is 12.5 Å². The predicted octanol–water partition coefficient (Wildman–Crippen LogP) is 9.89. The number of nitrogens with one attached hydrogen (secondary N) is 1. The monoisotopic (exact) mass is 796 g/mol. The minimum Gasteiger partial charge on any atom is -0.394 e. The van der Waals surface area contributed by atoms with Crippen LogP contribution in [0, 0.1) is 0 Å². The Balaban J connectivity index is 2.30. The standard InChI is InChI=1S/C47H89NO8/c1-3-5-7-9-11-13-15-17-18-19-20-21-22-23-25-26-28-30-32-34-36-41(50)40(39-55-47-46(54)45(53)44(52)42(38-49)56-47)48-43(51)37-35-33-31-29-27-24-16-14-12-10-8-6-4-2/h8,10,14,16,40-42,44-47,49-50,52-54H,3-7,9,11-13,15,17-39H2,1-2H3,(H,48,51)/b10-8-,16-14-. The Morgan fingerprint density at radius 3 is 1.61 bits per heavy atom. The number of aliphatic hydroxyl groups excluding tert-OH is 5. The van der Waals surface area contributed by atoms with Gasteiger partial charge in [-0.1, -0.05) is 192 Å². The molecule has 1 saturated heterocycles. The van der Waals surface area contributed by atoms with Crippen LogP contribution in [0.15, 0.2) is 24.3 Å². The lowest BCUT2D eigenvalue weighted by Gasteiger charge is -2.40. The first kappa shape index (κ1) is 52.7. The number of hydrogen-bond donors (Lipinski definition) is 6. The highest BCUT2D eigenvalue weighted by atomic mass is 16.7. The summed E-state index contributed by atoms with van der Waals surface area (Å²) >= 11 is 0. The lowest BCUT2D eigenvalue weighted by atomic mass is 9.99. The lowest BCUT2D eigenvalue weighted by molar-refractivity contribution is -0.302. The third kappa shape index (κ3) is 28.2. The summed E-state index contributed by atoms with van der Waals surface area (Å²) in [4.78, 5) is 12.9. The van der Waals surface area contributed by atoms with Crippen LogP contribution in [0.5, 0.6) is 0 Å². The zero-order valence-corrected chi connectivity index (χ0v) is 36.1. The van der Waals surface area contributed by atoms with E-state index >= 15 is 0 Å². The van der Waals surface area contributed by atoms with Gasteiger partial charge in [-0.25, -0.2) is 0 Å². The highest BCUT2D eigenvalue weighted by molar-refractivity contribution is 5.76. The van der Waals surface area contributed by atoms with Gasteiger partial charge in [-0.05, 0) is 38.5 Å². The number of unbranched alkanes of at least 4 members (excludes halogenated alkanes) is 25. The van der Waals surface area contributed by atoms with Crippen LogP contribution in [0.4, 0.5) is 0 Å². The molecule has 330 valence electrons. The second kappa shape index (κ2) is 37.9. The van der Waals surface area contributed by atoms with E-state index in [1.165, 1.54) is 116 Å². The fourth-order valence-electron chi connectivity index (χ4n) is 7.49. The van der Waals surface area contributed by atoms with Gasteiger partial charge in [0, 0.05) is 6.42 Å². The SMILES string of the molecule is CCC/C=C\C/C=C\CCCCCCCC(=O)NC(COC1OC(CO)C(O)C(O)C1O)C(O)CCCCCCCCCCCCCCCCCCCCCC. The number of aliphatic hydroxyl groups is 5. The zero-order chi connectivity index (χ0) is 40.9. The van der Waals surface area contributed by atoms with Gasteiger partial charge in [0.15, 0.2) is 6.29 Å². The van der Waals surface area contributed by atoms with Crippen molar-refractivity contribution in [1.82, 2.24) is 5.32 Å². The van der Waals surface area contributed by atoms with Crippen LogP contribution in [-0.4, -0.2) is 87.5 Å². The normalized spacial score (nSPS) is 21.3. The maximum Gasteiger partial charge on any atom is 0.220 e. The summed E-state index contributed by atoms with van der Waals surface area (Å²) in [5.41, 5.74) is 0. The molecule has 7 unspecified atom stereocenters. The zero-order valence-electron chi connectivity index (χ0n) is 36.1. The van der Waals surface area contributed by atoms with E-state index < -0.39 is 49.5 Å². The predicted molar refractivity (Wildman–Crippen MR) is 230 cm³/mol. The van der Waals surface area contributed by atoms with Crippen molar-refractivity contribution < 1.29 is 39.8 Å². The van der Waals surface area contributed by atoms with Crippen LogP contribution in [0.3, 0.4) is 0 Å². The average molecular weight is 796 g/mol. The molecule has 56 heavy (non-hydrogen) atoms. The molecule has 0 aromatic carbocycles. The Kier molecular flexibility index (Phi) is 35.7. The van der Waals surface area contributed by atoms with Gasteiger partial charge in [-0.15, -0.1) is 0 Å². The number of ether oxygens (including phenoxy) is 2. The summed E-state index contributed by atoms with van der Waals surface area (Å²) in [6.07, 6.45) is 37.6. The second-order valence-corrected chi connectivity index (χ2v) is 16.6. The van der Waals surface area contributed by atoms with Crippen LogP contribution >= 0.6 is 0 Å². The van der Waals surface area contributed by atoms with Crippen molar-refractivity contribution in [1.29, 1.82) is 0 Å². The molecule has 0 aromatic rings. The fraction of sp³-hybridized carbons (Fsp3) is 0.894. The van der Waals surface area contributed by atoms with E-state index in [1.54, 1.807) is 0 Å². The van der Waals surface area contributed by atoms with E-state index in [4.69, 9.17) is 9.47 Å². The molecular formula is C47H89NO8. The van der Waals surface area contributed by atoms with Gasteiger partial charge in [0.05, 0.1) is 25.4 Å². The quantitative estimate of drug-likeness (QED) is 0.0266. The number of allylic oxidation sites excluding steroid dienone is 4. The van der Waals surface area contributed by atoms with Crippen molar-refractivity contribution in [3.05, 3.63) is 24.3 Å². The molecule has 1 amide bonds. The lowest BCUT2D eigenvalue weighted by Crippen LogP contribution is -2.60. The molecule has 1 rings (SSSR count). The molecule has 0 spiro atoms. The van der Waals surface area contributed by atoms with Crippen molar-refractivity contribution >= 4 is 5.91 Å². The molecule has 9 nitrogen and oxygen atoms in total. The molecule has 1 heterocycles. The van der Waals surface area contributed by atoms with E-state index in [1.807, 2.05) is 0 Å². The molecule has 7 atom stereocenters. The summed E-state index contributed by atoms with van der Waals surface area (Å²) < 4.78 is 11.3. The minimum absolute atomic E-state index is 0.142. The second-order valence-electron chi connectivity index (χ2n) is 16.6. The molecule has 9 heteroatoms. The molecule has 1 fully saturated rings. The molecule has 1 aliphatic rings. The highest BCUT2D eigenvalue weighted by Gasteiger charge is 2.44. The Morgan fingerprint density at radius 2 is 1.09 bits per heavy atom. The van der Waals surface area contributed by atoms with Crippen molar-refractivity contribution in [2.75, 3.05) is 13.2 Å². The molecular weight excluding hydrogens is 707 g/mol. The van der Waals surface area contributed by atoms with Gasteiger partial charge in [-0.2, -0.15) is 0 Å². The summed E-state index contributed by atoms with van der Waals surface area (Å²) in [6.45, 7) is 3.77. The number of carbonyl (C=O) groups excluding carboxylic acids is 1. The molecule has 0 saturated carbocycles. The molecule has 1 aliphatic heterocycles. The molecule has 0 radical (unpaired) electrons. The van der Waals surface area contributed by atoms with Crippen molar-refractivity contribution in [2.24, 2.45) is 0 Å². The maximum absolute atomic E-state index is 12.9. The van der Waals surface area contributed by atoms with Gasteiger partial charge in [0.25, 0.3) is 0 Å². The van der Waals surface area contributed by atoms with Gasteiger partial charge in [0.1, 0.15) is 24.4 Å². The molecule has 0 aliphatic carbocycles. The fourth-order valence-corrected chi connectivity index (χ4v) is 7.49. The summed E-state index contributed by atoms with van der Waals surface area (Å²) in [6, 6.07) is -0.723. The van der Waals surface area contributed by atoms with Gasteiger partial charge in [-0.3, -0.25) is 4.79 Å². The molecule has 0 bridgehead atoms. The topological polar surface area (TPSA) is 149 Å². The Bertz CT molecular complexity index is 930. The summed E-state index contributed by atoms with van der Waals surface area (Å²) in [5.74, 6) is -0.158. The first-order chi connectivity index (χ1) is 27.3. The number of amides is 1. The molecule has 6 N–H and O–H groups in total. The van der Waals surface area contributed by atoms with Crippen LogP contribution in [0.1, 0.15) is 213 Å². The van der Waals surface area contributed by atoms with Crippen molar-refractivity contribution in [3.8, 4) is 0 Å². The summed E-state index contributed by atoms with van der Waals surface area (Å²) in [7, 11) is 0. The highest BCUT2D eigenvalue weighted by Crippen LogP contribution is 2.23. The number of rotatable bonds is 39. The van der Waals surface area contributed by atoms with E-state index in [2.05, 4.69) is 43.5 Å². The van der Waals surface area contributed by atoms with E-state index in [0.29, 0.717) is 12.8 Å². The molecule has 0 aromatic heterocycles. The van der Waals surface area contributed by atoms with Gasteiger partial charge >= 0.3 is 0 Å². The third-order valence-electron chi connectivity index (χ3n) is 11.3. The third-order valence-corrected chi connectivity index (χ3v) is 11.3. The van der Waals surface area contributed by atoms with Crippen LogP contribution in [0.25, 0.3) is 0 Å². The number of hydrogen-bond acceptors (Lipinski definition) is 8. The Morgan fingerprint density at radius 1 is 0.607 bits per heavy atom. The summed E-state index contributed by atoms with van der Waals surface area (Å²) in [5, 5.41) is 54.3. The van der Waals surface area contributed by atoms with Crippen molar-refractivity contribution in [3.63, 3.8) is 0 Å². The first-order valence-electron chi connectivity index (χ1n) is 23.5. The largest absolute Gasteiger partial charge is 0.394 e. The van der Waals surface area contributed by atoms with Crippen molar-refractivity contribution in [2.45, 2.75) is 256 Å².